The summed E-state index contributed by atoms with van der Waals surface area (Å²) in [5.74, 6) is 0.542. The van der Waals surface area contributed by atoms with E-state index in [0.717, 1.165) is 11.3 Å². The van der Waals surface area contributed by atoms with Gasteiger partial charge in [-0.05, 0) is 31.2 Å². The fourth-order valence-corrected chi connectivity index (χ4v) is 3.94. The van der Waals surface area contributed by atoms with E-state index in [4.69, 9.17) is 0 Å². The van der Waals surface area contributed by atoms with Gasteiger partial charge in [-0.25, -0.2) is 4.98 Å². The van der Waals surface area contributed by atoms with Gasteiger partial charge >= 0.3 is 0 Å². The van der Waals surface area contributed by atoms with Crippen LogP contribution in [0.2, 0.25) is 0 Å². The number of thioether (sulfide) groups is 1. The molecular formula is C19H16N6OS2. The molecule has 0 radical (unpaired) electrons. The van der Waals surface area contributed by atoms with E-state index >= 15 is 0 Å². The summed E-state index contributed by atoms with van der Waals surface area (Å²) in [4.78, 5) is 20.8. The van der Waals surface area contributed by atoms with E-state index in [1.165, 1.54) is 23.1 Å². The Hall–Kier alpha value is -3.04. The van der Waals surface area contributed by atoms with E-state index in [1.54, 1.807) is 18.6 Å². The normalized spacial score (nSPS) is 11.9. The molecule has 0 aliphatic heterocycles. The first kappa shape index (κ1) is 18.3. The first-order valence-electron chi connectivity index (χ1n) is 8.50. The van der Waals surface area contributed by atoms with Crippen LogP contribution in [0.3, 0.4) is 0 Å². The number of para-hydroxylation sites is 1. The molecule has 7 nitrogen and oxygen atoms in total. The summed E-state index contributed by atoms with van der Waals surface area (Å²) in [6.45, 7) is 1.83. The number of pyridine rings is 1. The maximum atomic E-state index is 12.5. The average Bonchev–Trinajstić information content (AvgIpc) is 3.39. The Morgan fingerprint density at radius 1 is 1.14 bits per heavy atom. The highest BCUT2D eigenvalue weighted by Crippen LogP contribution is 2.30. The first-order chi connectivity index (χ1) is 13.7. The number of carbonyl (C=O) groups is 1. The Bertz CT molecular complexity index is 1050. The molecule has 4 aromatic rings. The third-order valence-corrected chi connectivity index (χ3v) is 5.61. The van der Waals surface area contributed by atoms with Gasteiger partial charge in [-0.2, -0.15) is 0 Å². The van der Waals surface area contributed by atoms with Crippen molar-refractivity contribution in [3.8, 4) is 17.1 Å². The molecule has 28 heavy (non-hydrogen) atoms. The molecule has 0 bridgehead atoms. The summed E-state index contributed by atoms with van der Waals surface area (Å²) in [7, 11) is 0. The van der Waals surface area contributed by atoms with Gasteiger partial charge in [0.2, 0.25) is 5.91 Å². The molecule has 0 saturated heterocycles. The van der Waals surface area contributed by atoms with Gasteiger partial charge in [0, 0.05) is 35.2 Å². The lowest BCUT2D eigenvalue weighted by molar-refractivity contribution is -0.115. The molecule has 9 heteroatoms. The predicted octanol–water partition coefficient (Wildman–Crippen LogP) is 3.91. The van der Waals surface area contributed by atoms with Crippen molar-refractivity contribution in [3.63, 3.8) is 0 Å². The van der Waals surface area contributed by atoms with Crippen molar-refractivity contribution in [1.29, 1.82) is 0 Å². The lowest BCUT2D eigenvalue weighted by Gasteiger charge is -2.13. The van der Waals surface area contributed by atoms with Crippen molar-refractivity contribution >= 4 is 34.1 Å². The maximum absolute atomic E-state index is 12.5. The van der Waals surface area contributed by atoms with Crippen LogP contribution in [0.5, 0.6) is 0 Å². The standard InChI is InChI=1S/C19H16N6OS2/c1-13(17(26)22-18-21-10-11-27-18)28-19-24-23-16(14-6-5-9-20-12-14)25(19)15-7-3-2-4-8-15/h2-13H,1H3,(H,21,22,26). The molecule has 0 spiro atoms. The van der Waals surface area contributed by atoms with E-state index in [1.807, 2.05) is 59.3 Å². The zero-order valence-corrected chi connectivity index (χ0v) is 16.5. The number of amides is 1. The smallest absolute Gasteiger partial charge is 0.239 e. The number of benzene rings is 1. The summed E-state index contributed by atoms with van der Waals surface area (Å²) < 4.78 is 1.94. The van der Waals surface area contributed by atoms with Crippen molar-refractivity contribution in [2.24, 2.45) is 0 Å². The SMILES string of the molecule is CC(Sc1nnc(-c2cccnc2)n1-c1ccccc1)C(=O)Nc1nccs1. The predicted molar refractivity (Wildman–Crippen MR) is 111 cm³/mol. The van der Waals surface area contributed by atoms with Gasteiger partial charge < -0.3 is 5.32 Å². The van der Waals surface area contributed by atoms with Crippen LogP contribution in [0, 0.1) is 0 Å². The van der Waals surface area contributed by atoms with Crippen molar-refractivity contribution in [1.82, 2.24) is 24.7 Å². The molecule has 0 aliphatic rings. The number of hydrogen-bond acceptors (Lipinski definition) is 7. The van der Waals surface area contributed by atoms with Crippen LogP contribution in [-0.2, 0) is 4.79 Å². The van der Waals surface area contributed by atoms with Crippen LogP contribution >= 0.6 is 23.1 Å². The number of thiazole rings is 1. The average molecular weight is 409 g/mol. The Balaban J connectivity index is 1.65. The molecule has 1 aromatic carbocycles. The summed E-state index contributed by atoms with van der Waals surface area (Å²) in [5.41, 5.74) is 1.77. The third kappa shape index (κ3) is 3.95. The molecule has 1 N–H and O–H groups in total. The van der Waals surface area contributed by atoms with E-state index in [2.05, 4.69) is 25.5 Å². The molecule has 3 aromatic heterocycles. The highest BCUT2D eigenvalue weighted by molar-refractivity contribution is 8.00. The van der Waals surface area contributed by atoms with Gasteiger partial charge in [0.1, 0.15) is 0 Å². The van der Waals surface area contributed by atoms with E-state index in [9.17, 15) is 4.79 Å². The molecule has 1 unspecified atom stereocenters. The number of nitrogens with zero attached hydrogens (tertiary/aromatic N) is 5. The van der Waals surface area contributed by atoms with E-state index in [0.29, 0.717) is 16.1 Å². The second-order valence-corrected chi connectivity index (χ2v) is 8.01. The fourth-order valence-electron chi connectivity index (χ4n) is 2.54. The highest BCUT2D eigenvalue weighted by Gasteiger charge is 2.22. The Labute approximate surface area is 169 Å². The van der Waals surface area contributed by atoms with Crippen molar-refractivity contribution < 1.29 is 4.79 Å². The number of carbonyl (C=O) groups excluding carboxylic acids is 1. The zero-order chi connectivity index (χ0) is 19.3. The summed E-state index contributed by atoms with van der Waals surface area (Å²) in [6, 6.07) is 13.6. The number of aromatic nitrogens is 5. The zero-order valence-electron chi connectivity index (χ0n) is 14.9. The van der Waals surface area contributed by atoms with Crippen LogP contribution in [0.1, 0.15) is 6.92 Å². The van der Waals surface area contributed by atoms with Crippen LogP contribution in [0.25, 0.3) is 17.1 Å². The molecule has 140 valence electrons. The van der Waals surface area contributed by atoms with Crippen molar-refractivity contribution in [2.45, 2.75) is 17.3 Å². The number of hydrogen-bond donors (Lipinski definition) is 1. The number of anilines is 1. The molecule has 0 aliphatic carbocycles. The van der Waals surface area contributed by atoms with Crippen LogP contribution in [-0.4, -0.2) is 35.9 Å². The number of rotatable bonds is 6. The molecule has 3 heterocycles. The van der Waals surface area contributed by atoms with E-state index < -0.39 is 0 Å². The monoisotopic (exact) mass is 408 g/mol. The molecule has 0 saturated carbocycles. The van der Waals surface area contributed by atoms with Gasteiger partial charge in [-0.15, -0.1) is 21.5 Å². The van der Waals surface area contributed by atoms with Crippen LogP contribution < -0.4 is 5.32 Å². The van der Waals surface area contributed by atoms with Gasteiger partial charge in [-0.3, -0.25) is 14.3 Å². The Morgan fingerprint density at radius 3 is 2.71 bits per heavy atom. The lowest BCUT2D eigenvalue weighted by Crippen LogP contribution is -2.22. The summed E-state index contributed by atoms with van der Waals surface area (Å²) >= 11 is 2.73. The van der Waals surface area contributed by atoms with Crippen molar-refractivity contribution in [3.05, 3.63) is 66.4 Å². The third-order valence-electron chi connectivity index (χ3n) is 3.88. The second kappa shape index (κ2) is 8.32. The van der Waals surface area contributed by atoms with Crippen LogP contribution in [0.15, 0.2) is 71.6 Å². The van der Waals surface area contributed by atoms with Gasteiger partial charge in [0.05, 0.1) is 5.25 Å². The minimum atomic E-state index is -0.377. The molecule has 1 amide bonds. The lowest BCUT2D eigenvalue weighted by atomic mass is 10.2. The van der Waals surface area contributed by atoms with Gasteiger partial charge in [-0.1, -0.05) is 30.0 Å². The molecule has 4 rings (SSSR count). The van der Waals surface area contributed by atoms with Crippen molar-refractivity contribution in [2.75, 3.05) is 5.32 Å². The highest BCUT2D eigenvalue weighted by atomic mass is 32.2. The fraction of sp³-hybridized carbons (Fsp3) is 0.105. The summed E-state index contributed by atoms with van der Waals surface area (Å²) in [6.07, 6.45) is 5.12. The van der Waals surface area contributed by atoms with Gasteiger partial charge in [0.15, 0.2) is 16.1 Å². The Kier molecular flexibility index (Phi) is 5.45. The molecular weight excluding hydrogens is 392 g/mol. The quantitative estimate of drug-likeness (QED) is 0.487. The van der Waals surface area contributed by atoms with E-state index in [-0.39, 0.29) is 11.2 Å². The minimum absolute atomic E-state index is 0.134. The minimum Gasteiger partial charge on any atom is -0.301 e. The number of nitrogens with one attached hydrogen (secondary N) is 1. The first-order valence-corrected chi connectivity index (χ1v) is 10.3. The second-order valence-electron chi connectivity index (χ2n) is 5.81. The topological polar surface area (TPSA) is 85.6 Å². The Morgan fingerprint density at radius 2 is 2.00 bits per heavy atom. The van der Waals surface area contributed by atoms with Gasteiger partial charge in [0.25, 0.3) is 0 Å². The molecule has 0 fully saturated rings. The maximum Gasteiger partial charge on any atom is 0.239 e. The van der Waals surface area contributed by atoms with Crippen LogP contribution in [0.4, 0.5) is 5.13 Å². The summed E-state index contributed by atoms with van der Waals surface area (Å²) in [5, 5.41) is 14.2. The largest absolute Gasteiger partial charge is 0.301 e. The molecule has 1 atom stereocenters.